The Hall–Kier alpha value is -2.10. The smallest absolute Gasteiger partial charge is 0.320 e. The van der Waals surface area contributed by atoms with Crippen molar-refractivity contribution in [3.05, 3.63) is 55.0 Å². The summed E-state index contributed by atoms with van der Waals surface area (Å²) in [5.41, 5.74) is 4.49. The molecule has 0 saturated heterocycles. The highest BCUT2D eigenvalue weighted by atomic mass is 32.1. The van der Waals surface area contributed by atoms with Gasteiger partial charge in [-0.05, 0) is 12.1 Å². The zero-order valence-electron chi connectivity index (χ0n) is 9.47. The molecule has 2 heterocycles. The van der Waals surface area contributed by atoms with Crippen LogP contribution in [-0.2, 0) is 6.54 Å². The van der Waals surface area contributed by atoms with Crippen molar-refractivity contribution in [1.29, 1.82) is 0 Å². The van der Waals surface area contributed by atoms with Gasteiger partial charge in [0.2, 0.25) is 0 Å². The first-order valence-electron chi connectivity index (χ1n) is 5.26. The number of nitrogens with two attached hydrogens (primary N) is 1. The summed E-state index contributed by atoms with van der Waals surface area (Å²) in [4.78, 5) is 26.5. The van der Waals surface area contributed by atoms with Crippen LogP contribution in [0.2, 0.25) is 0 Å². The topological polar surface area (TPSA) is 80.9 Å². The average Bonchev–Trinajstić information content (AvgIpc) is 2.78. The third-order valence-corrected chi connectivity index (χ3v) is 3.18. The lowest BCUT2D eigenvalue weighted by Crippen LogP contribution is -2.28. The summed E-state index contributed by atoms with van der Waals surface area (Å²) in [7, 11) is 0. The molecule has 0 saturated carbocycles. The van der Waals surface area contributed by atoms with Gasteiger partial charge in [-0.25, -0.2) is 4.79 Å². The Balaban J connectivity index is 2.21. The standard InChI is InChI=1S/C12H11N3O2S/c13-6-1-2-9-3-4-10(18-9)8-15-7-5-11(16)14-12(15)17/h3-5,7H,6,8,13H2,(H,14,16,17). The van der Waals surface area contributed by atoms with Crippen molar-refractivity contribution in [3.63, 3.8) is 0 Å². The van der Waals surface area contributed by atoms with E-state index in [0.29, 0.717) is 13.1 Å². The van der Waals surface area contributed by atoms with Gasteiger partial charge >= 0.3 is 5.69 Å². The van der Waals surface area contributed by atoms with E-state index in [-0.39, 0.29) is 0 Å². The quantitative estimate of drug-likeness (QED) is 0.744. The van der Waals surface area contributed by atoms with Crippen molar-refractivity contribution in [2.75, 3.05) is 6.54 Å². The molecule has 0 aliphatic carbocycles. The van der Waals surface area contributed by atoms with Crippen LogP contribution in [0.1, 0.15) is 9.75 Å². The van der Waals surface area contributed by atoms with E-state index in [1.807, 2.05) is 12.1 Å². The SMILES string of the molecule is NCC#Cc1ccc(Cn2ccc(=O)[nH]c2=O)s1. The van der Waals surface area contributed by atoms with E-state index in [1.54, 1.807) is 0 Å². The zero-order chi connectivity index (χ0) is 13.0. The number of hydrogen-bond acceptors (Lipinski definition) is 4. The number of nitrogens with zero attached hydrogens (tertiary/aromatic N) is 1. The van der Waals surface area contributed by atoms with Crippen molar-refractivity contribution < 1.29 is 0 Å². The Kier molecular flexibility index (Phi) is 3.77. The van der Waals surface area contributed by atoms with Crippen LogP contribution in [-0.4, -0.2) is 16.1 Å². The lowest BCUT2D eigenvalue weighted by atomic mass is 10.4. The molecule has 0 spiro atoms. The zero-order valence-corrected chi connectivity index (χ0v) is 10.3. The van der Waals surface area contributed by atoms with Crippen LogP contribution in [0.3, 0.4) is 0 Å². The fourth-order valence-electron chi connectivity index (χ4n) is 1.40. The number of nitrogens with one attached hydrogen (secondary N) is 1. The normalized spacial score (nSPS) is 9.83. The van der Waals surface area contributed by atoms with E-state index in [2.05, 4.69) is 16.8 Å². The van der Waals surface area contributed by atoms with Crippen LogP contribution in [0.4, 0.5) is 0 Å². The number of aromatic nitrogens is 2. The molecule has 0 atom stereocenters. The lowest BCUT2D eigenvalue weighted by molar-refractivity contribution is 0.729. The van der Waals surface area contributed by atoms with E-state index in [1.165, 1.54) is 28.2 Å². The van der Waals surface area contributed by atoms with Crippen molar-refractivity contribution in [3.8, 4) is 11.8 Å². The highest BCUT2D eigenvalue weighted by Gasteiger charge is 2.01. The van der Waals surface area contributed by atoms with Gasteiger partial charge in [0.25, 0.3) is 5.56 Å². The molecule has 0 amide bonds. The number of hydrogen-bond donors (Lipinski definition) is 2. The minimum Gasteiger partial charge on any atom is -0.320 e. The molecule has 0 aliphatic heterocycles. The third-order valence-electron chi connectivity index (χ3n) is 2.20. The Morgan fingerprint density at radius 2 is 2.17 bits per heavy atom. The Morgan fingerprint density at radius 1 is 1.33 bits per heavy atom. The molecule has 18 heavy (non-hydrogen) atoms. The predicted molar refractivity (Wildman–Crippen MR) is 70.7 cm³/mol. The number of aromatic amines is 1. The van der Waals surface area contributed by atoms with E-state index >= 15 is 0 Å². The van der Waals surface area contributed by atoms with Crippen LogP contribution in [0.5, 0.6) is 0 Å². The summed E-state index contributed by atoms with van der Waals surface area (Å²) in [5.74, 6) is 5.71. The first-order chi connectivity index (χ1) is 8.69. The summed E-state index contributed by atoms with van der Waals surface area (Å²) < 4.78 is 1.44. The van der Waals surface area contributed by atoms with Crippen molar-refractivity contribution in [2.45, 2.75) is 6.54 Å². The minimum absolute atomic E-state index is 0.326. The van der Waals surface area contributed by atoms with Crippen LogP contribution in [0.15, 0.2) is 34.0 Å². The maximum Gasteiger partial charge on any atom is 0.328 e. The number of H-pyrrole nitrogens is 1. The number of rotatable bonds is 2. The predicted octanol–water partition coefficient (Wildman–Crippen LogP) is -0.0434. The van der Waals surface area contributed by atoms with E-state index in [9.17, 15) is 9.59 Å². The fourth-order valence-corrected chi connectivity index (χ4v) is 2.29. The Labute approximate surface area is 107 Å². The third kappa shape index (κ3) is 2.97. The van der Waals surface area contributed by atoms with E-state index < -0.39 is 11.2 Å². The molecule has 2 aromatic heterocycles. The molecule has 0 bridgehead atoms. The van der Waals surface area contributed by atoms with Crippen molar-refractivity contribution in [1.82, 2.24) is 9.55 Å². The van der Waals surface area contributed by atoms with Gasteiger partial charge in [-0.15, -0.1) is 11.3 Å². The lowest BCUT2D eigenvalue weighted by Gasteiger charge is -2.00. The molecule has 5 nitrogen and oxygen atoms in total. The Bertz CT molecular complexity index is 715. The summed E-state index contributed by atoms with van der Waals surface area (Å²) in [6.07, 6.45) is 1.48. The monoisotopic (exact) mass is 261 g/mol. The molecule has 0 radical (unpaired) electrons. The largest absolute Gasteiger partial charge is 0.328 e. The van der Waals surface area contributed by atoms with Crippen molar-refractivity contribution in [2.24, 2.45) is 5.73 Å². The maximum atomic E-state index is 11.5. The van der Waals surface area contributed by atoms with Gasteiger partial charge in [-0.3, -0.25) is 14.3 Å². The molecule has 0 aliphatic rings. The summed E-state index contributed by atoms with van der Waals surface area (Å²) in [5, 5.41) is 0. The van der Waals surface area contributed by atoms with Gasteiger partial charge in [-0.2, -0.15) is 0 Å². The molecular weight excluding hydrogens is 250 g/mol. The summed E-state index contributed by atoms with van der Waals surface area (Å²) in [6.45, 7) is 0.747. The second-order valence-corrected chi connectivity index (χ2v) is 4.68. The van der Waals surface area contributed by atoms with E-state index in [0.717, 1.165) is 9.75 Å². The second-order valence-electron chi connectivity index (χ2n) is 3.51. The number of thiophene rings is 1. The molecule has 6 heteroatoms. The fraction of sp³-hybridized carbons (Fsp3) is 0.167. The highest BCUT2D eigenvalue weighted by molar-refractivity contribution is 7.12. The summed E-state index contributed by atoms with van der Waals surface area (Å²) in [6, 6.07) is 5.12. The van der Waals surface area contributed by atoms with Gasteiger partial charge < -0.3 is 5.73 Å². The maximum absolute atomic E-state index is 11.5. The van der Waals surface area contributed by atoms with Gasteiger partial charge in [-0.1, -0.05) is 11.8 Å². The molecular formula is C12H11N3O2S. The molecule has 0 fully saturated rings. The molecule has 3 N–H and O–H groups in total. The Morgan fingerprint density at radius 3 is 2.89 bits per heavy atom. The van der Waals surface area contributed by atoms with Crippen LogP contribution in [0, 0.1) is 11.8 Å². The van der Waals surface area contributed by atoms with Crippen LogP contribution >= 0.6 is 11.3 Å². The van der Waals surface area contributed by atoms with Gasteiger partial charge in [0.1, 0.15) is 0 Å². The molecule has 2 rings (SSSR count). The summed E-state index contributed by atoms with van der Waals surface area (Å²) >= 11 is 1.50. The van der Waals surface area contributed by atoms with Crippen LogP contribution < -0.4 is 17.0 Å². The van der Waals surface area contributed by atoms with Gasteiger partial charge in [0.15, 0.2) is 0 Å². The van der Waals surface area contributed by atoms with Gasteiger partial charge in [0, 0.05) is 17.1 Å². The molecule has 0 aromatic carbocycles. The van der Waals surface area contributed by atoms with Crippen LogP contribution in [0.25, 0.3) is 0 Å². The second kappa shape index (κ2) is 5.49. The first kappa shape index (κ1) is 12.4. The molecule has 0 unspecified atom stereocenters. The average molecular weight is 261 g/mol. The van der Waals surface area contributed by atoms with Gasteiger partial charge in [0.05, 0.1) is 18.0 Å². The first-order valence-corrected chi connectivity index (χ1v) is 6.08. The van der Waals surface area contributed by atoms with Crippen molar-refractivity contribution >= 4 is 11.3 Å². The minimum atomic E-state index is -0.412. The molecule has 2 aromatic rings. The highest BCUT2D eigenvalue weighted by Crippen LogP contribution is 2.15. The van der Waals surface area contributed by atoms with E-state index in [4.69, 9.17) is 5.73 Å². The molecule has 92 valence electrons.